The van der Waals surface area contributed by atoms with E-state index in [1.165, 1.54) is 11.1 Å². The Morgan fingerprint density at radius 2 is 2.05 bits per heavy atom. The molecule has 0 spiro atoms. The van der Waals surface area contributed by atoms with Gasteiger partial charge in [-0.2, -0.15) is 0 Å². The molecule has 0 heterocycles. The third-order valence-corrected chi connectivity index (χ3v) is 7.05. The zero-order valence-electron chi connectivity index (χ0n) is 13.7. The molecule has 0 radical (unpaired) electrons. The highest BCUT2D eigenvalue weighted by atomic mass is 32.2. The topological polar surface area (TPSA) is 38.3 Å². The molecule has 1 N–H and O–H groups in total. The van der Waals surface area contributed by atoms with Gasteiger partial charge in [-0.05, 0) is 49.1 Å². The summed E-state index contributed by atoms with van der Waals surface area (Å²) >= 11 is 0. The fourth-order valence-electron chi connectivity index (χ4n) is 3.02. The van der Waals surface area contributed by atoms with Gasteiger partial charge in [0.1, 0.15) is 5.75 Å². The van der Waals surface area contributed by atoms with E-state index < -0.39 is 10.8 Å². The number of hydrogen-bond acceptors (Lipinski definition) is 3. The maximum absolute atomic E-state index is 12.9. The quantitative estimate of drug-likeness (QED) is 0.908. The minimum Gasteiger partial charge on any atom is -0.497 e. The lowest BCUT2D eigenvalue weighted by molar-refractivity contribution is 0.411. The number of aryl methyl sites for hydroxylation is 1. The molecule has 0 bridgehead atoms. The predicted molar refractivity (Wildman–Crippen MR) is 89.3 cm³/mol. The summed E-state index contributed by atoms with van der Waals surface area (Å²) in [6, 6.07) is 6.40. The van der Waals surface area contributed by atoms with Crippen LogP contribution < -0.4 is 10.1 Å². The summed E-state index contributed by atoms with van der Waals surface area (Å²) in [5.41, 5.74) is 2.60. The molecule has 118 valence electrons. The van der Waals surface area contributed by atoms with E-state index in [1.807, 2.05) is 13.1 Å². The zero-order chi connectivity index (χ0) is 15.6. The van der Waals surface area contributed by atoms with Crippen LogP contribution in [0.2, 0.25) is 0 Å². The summed E-state index contributed by atoms with van der Waals surface area (Å²) in [5, 5.41) is 3.78. The number of rotatable bonds is 5. The number of benzene rings is 1. The molecule has 0 amide bonds. The van der Waals surface area contributed by atoms with Gasteiger partial charge in [-0.3, -0.25) is 4.21 Å². The van der Waals surface area contributed by atoms with Gasteiger partial charge in [-0.25, -0.2) is 0 Å². The Hall–Kier alpha value is -0.870. The van der Waals surface area contributed by atoms with Gasteiger partial charge < -0.3 is 10.1 Å². The van der Waals surface area contributed by atoms with Gasteiger partial charge in [0.2, 0.25) is 0 Å². The molecular formula is C17H27NO2S. The molecule has 0 saturated heterocycles. The minimum atomic E-state index is -0.830. The lowest BCUT2D eigenvalue weighted by Crippen LogP contribution is -2.40. The molecule has 0 saturated carbocycles. The van der Waals surface area contributed by atoms with Gasteiger partial charge in [0.25, 0.3) is 0 Å². The molecule has 0 fully saturated rings. The van der Waals surface area contributed by atoms with Gasteiger partial charge in [-0.1, -0.05) is 26.8 Å². The van der Waals surface area contributed by atoms with Gasteiger partial charge >= 0.3 is 0 Å². The molecule has 1 aromatic carbocycles. The van der Waals surface area contributed by atoms with E-state index in [0.717, 1.165) is 18.6 Å². The second-order valence-electron chi connectivity index (χ2n) is 6.19. The smallest absolute Gasteiger partial charge is 0.119 e. The summed E-state index contributed by atoms with van der Waals surface area (Å²) in [5.74, 6) is 1.31. The molecule has 4 unspecified atom stereocenters. The normalized spacial score (nSPS) is 24.5. The molecule has 1 aromatic rings. The first-order chi connectivity index (χ1) is 9.99. The number of fused-ring (bicyclic) bond motifs is 1. The van der Waals surface area contributed by atoms with Crippen LogP contribution in [-0.4, -0.2) is 28.9 Å². The van der Waals surface area contributed by atoms with Crippen LogP contribution in [0.5, 0.6) is 5.75 Å². The first-order valence-corrected chi connectivity index (χ1v) is 9.00. The SMILES string of the molecule is CNC1c2cc(OC)ccc2CCC1S(=O)C(C)C(C)C. The van der Waals surface area contributed by atoms with Gasteiger partial charge in [0.05, 0.1) is 12.4 Å². The van der Waals surface area contributed by atoms with Crippen molar-refractivity contribution in [2.75, 3.05) is 14.2 Å². The summed E-state index contributed by atoms with van der Waals surface area (Å²) < 4.78 is 18.3. The van der Waals surface area contributed by atoms with Crippen molar-refractivity contribution < 1.29 is 8.95 Å². The molecule has 0 aromatic heterocycles. The number of nitrogens with one attached hydrogen (secondary N) is 1. The average molecular weight is 309 g/mol. The molecule has 4 heteroatoms. The molecule has 2 rings (SSSR count). The van der Waals surface area contributed by atoms with E-state index in [-0.39, 0.29) is 16.5 Å². The zero-order valence-corrected chi connectivity index (χ0v) is 14.5. The van der Waals surface area contributed by atoms with E-state index in [2.05, 4.69) is 38.2 Å². The molecule has 0 aliphatic heterocycles. The molecular weight excluding hydrogens is 282 g/mol. The average Bonchev–Trinajstić information content (AvgIpc) is 2.51. The van der Waals surface area contributed by atoms with E-state index in [9.17, 15) is 4.21 Å². The van der Waals surface area contributed by atoms with Crippen LogP contribution in [0.25, 0.3) is 0 Å². The van der Waals surface area contributed by atoms with Crippen molar-refractivity contribution in [1.29, 1.82) is 0 Å². The third-order valence-electron chi connectivity index (χ3n) is 4.67. The summed E-state index contributed by atoms with van der Waals surface area (Å²) in [7, 11) is 2.82. The standard InChI is InChI=1S/C17H27NO2S/c1-11(2)12(3)21(19)16-9-7-13-6-8-14(20-5)10-15(13)17(16)18-4/h6,8,10-12,16-18H,7,9H2,1-5H3. The molecule has 4 atom stereocenters. The fourth-order valence-corrected chi connectivity index (χ4v) is 5.01. The Bertz CT molecular complexity index is 516. The van der Waals surface area contributed by atoms with Gasteiger partial charge in [0, 0.05) is 22.1 Å². The largest absolute Gasteiger partial charge is 0.497 e. The van der Waals surface area contributed by atoms with Gasteiger partial charge in [-0.15, -0.1) is 0 Å². The highest BCUT2D eigenvalue weighted by Gasteiger charge is 2.35. The highest BCUT2D eigenvalue weighted by Crippen LogP contribution is 2.36. The molecule has 1 aliphatic carbocycles. The van der Waals surface area contributed by atoms with Crippen molar-refractivity contribution in [3.8, 4) is 5.75 Å². The third kappa shape index (κ3) is 3.32. The van der Waals surface area contributed by atoms with Crippen LogP contribution in [0.15, 0.2) is 18.2 Å². The van der Waals surface area contributed by atoms with Crippen LogP contribution in [0.4, 0.5) is 0 Å². The van der Waals surface area contributed by atoms with Crippen LogP contribution in [-0.2, 0) is 17.2 Å². The van der Waals surface area contributed by atoms with Crippen molar-refractivity contribution in [1.82, 2.24) is 5.32 Å². The summed E-state index contributed by atoms with van der Waals surface area (Å²) in [6.07, 6.45) is 1.98. The summed E-state index contributed by atoms with van der Waals surface area (Å²) in [6.45, 7) is 6.40. The van der Waals surface area contributed by atoms with E-state index in [4.69, 9.17) is 4.74 Å². The van der Waals surface area contributed by atoms with Crippen molar-refractivity contribution in [3.63, 3.8) is 0 Å². The summed E-state index contributed by atoms with van der Waals surface area (Å²) in [4.78, 5) is 0. The Balaban J connectivity index is 2.32. The first-order valence-electron chi connectivity index (χ1n) is 7.73. The monoisotopic (exact) mass is 309 g/mol. The van der Waals surface area contributed by atoms with E-state index >= 15 is 0 Å². The minimum absolute atomic E-state index is 0.144. The van der Waals surface area contributed by atoms with Crippen molar-refractivity contribution in [2.45, 2.75) is 50.2 Å². The van der Waals surface area contributed by atoms with Crippen molar-refractivity contribution in [2.24, 2.45) is 5.92 Å². The lowest BCUT2D eigenvalue weighted by atomic mass is 9.87. The Morgan fingerprint density at radius 1 is 1.33 bits per heavy atom. The first kappa shape index (κ1) is 16.5. The molecule has 1 aliphatic rings. The Morgan fingerprint density at radius 3 is 2.62 bits per heavy atom. The lowest BCUT2D eigenvalue weighted by Gasteiger charge is -2.35. The Labute approximate surface area is 130 Å². The van der Waals surface area contributed by atoms with Gasteiger partial charge in [0.15, 0.2) is 0 Å². The molecule has 3 nitrogen and oxygen atoms in total. The number of ether oxygens (including phenoxy) is 1. The second-order valence-corrected chi connectivity index (χ2v) is 8.19. The maximum Gasteiger partial charge on any atom is 0.119 e. The highest BCUT2D eigenvalue weighted by molar-refractivity contribution is 7.86. The van der Waals surface area contributed by atoms with E-state index in [0.29, 0.717) is 5.92 Å². The number of hydrogen-bond donors (Lipinski definition) is 1. The number of methoxy groups -OCH3 is 1. The van der Waals surface area contributed by atoms with Crippen molar-refractivity contribution in [3.05, 3.63) is 29.3 Å². The van der Waals surface area contributed by atoms with E-state index in [1.54, 1.807) is 7.11 Å². The van der Waals surface area contributed by atoms with Crippen LogP contribution >= 0.6 is 0 Å². The van der Waals surface area contributed by atoms with Crippen LogP contribution in [0, 0.1) is 5.92 Å². The second kappa shape index (κ2) is 6.93. The maximum atomic E-state index is 12.9. The molecule has 21 heavy (non-hydrogen) atoms. The van der Waals surface area contributed by atoms with Crippen LogP contribution in [0.1, 0.15) is 44.4 Å². The van der Waals surface area contributed by atoms with Crippen molar-refractivity contribution >= 4 is 10.8 Å². The predicted octanol–water partition coefficient (Wildman–Crippen LogP) is 3.06. The fraction of sp³-hybridized carbons (Fsp3) is 0.647. The Kier molecular flexibility index (Phi) is 5.44. The van der Waals surface area contributed by atoms with Crippen LogP contribution in [0.3, 0.4) is 0 Å².